The average Bonchev–Trinajstić information content (AvgIpc) is 3.23. The number of likely N-dealkylation sites (tertiary alicyclic amines) is 1. The highest BCUT2D eigenvalue weighted by atomic mass is 16.6. The number of imide groups is 1. The Morgan fingerprint density at radius 2 is 1.75 bits per heavy atom. The molecule has 0 bridgehead atoms. The Kier molecular flexibility index (Phi) is 10.6. The van der Waals surface area contributed by atoms with Crippen molar-refractivity contribution in [1.29, 1.82) is 0 Å². The monoisotopic (exact) mass is 818 g/mol. The molecular formula is C48H50N8O5. The molecule has 6 heterocycles. The standard InChI is InChI=1S/C48H50N8O5/c1-31-39(28-49-44-42(31)56(24-25-60-44)46(59)61-47(2,3)4)34-11-12-35-27-50-45(52-40(35)26-34)51-36-13-15-37(16-14-36)55-22-19-48(20-23-55)29-54(30-48)21-5-6-32-7-9-33(10-8-32)38-17-18-41(57)53-43(38)58/h7-16,26-28,38H,17-25,29-30H2,1-4H3,(H,50,51,52)(H,53,57,58). The minimum absolute atomic E-state index is 0.196. The number of hydrogen-bond donors (Lipinski definition) is 2. The van der Waals surface area contributed by atoms with Crippen molar-refractivity contribution in [2.45, 2.75) is 64.9 Å². The summed E-state index contributed by atoms with van der Waals surface area (Å²) in [6, 6.07) is 22.4. The smallest absolute Gasteiger partial charge is 0.415 e. The third-order valence-corrected chi connectivity index (χ3v) is 12.1. The van der Waals surface area contributed by atoms with Gasteiger partial charge in [0.15, 0.2) is 0 Å². The van der Waals surface area contributed by atoms with Crippen LogP contribution in [-0.4, -0.2) is 89.2 Å². The number of rotatable bonds is 6. The summed E-state index contributed by atoms with van der Waals surface area (Å²) in [5.41, 5.74) is 7.78. The van der Waals surface area contributed by atoms with E-state index in [0.717, 1.165) is 90.0 Å². The number of pyridine rings is 1. The van der Waals surface area contributed by atoms with Gasteiger partial charge in [-0.2, -0.15) is 0 Å². The van der Waals surface area contributed by atoms with Crippen molar-refractivity contribution >= 4 is 51.8 Å². The number of carbonyl (C=O) groups excluding carboxylic acids is 3. The van der Waals surface area contributed by atoms with Gasteiger partial charge in [-0.1, -0.05) is 36.1 Å². The van der Waals surface area contributed by atoms with E-state index < -0.39 is 11.7 Å². The number of piperidine rings is 2. The van der Waals surface area contributed by atoms with Crippen LogP contribution in [0, 0.1) is 24.2 Å². The molecule has 2 N–H and O–H groups in total. The van der Waals surface area contributed by atoms with Crippen LogP contribution in [0.3, 0.4) is 0 Å². The number of ether oxygens (including phenoxy) is 2. The fourth-order valence-electron chi connectivity index (χ4n) is 8.90. The van der Waals surface area contributed by atoms with Crippen molar-refractivity contribution in [2.24, 2.45) is 5.41 Å². The van der Waals surface area contributed by atoms with Gasteiger partial charge in [0.2, 0.25) is 23.6 Å². The summed E-state index contributed by atoms with van der Waals surface area (Å²) in [6.07, 6.45) is 6.42. The Hall–Kier alpha value is -6.52. The Morgan fingerprint density at radius 1 is 0.984 bits per heavy atom. The normalized spacial score (nSPS) is 18.7. The Morgan fingerprint density at radius 3 is 2.49 bits per heavy atom. The number of fused-ring (bicyclic) bond motifs is 2. The molecule has 3 aromatic carbocycles. The SMILES string of the molecule is Cc1c(-c2ccc3cnc(Nc4ccc(N5CCC6(CC5)CN(CC#Cc5ccc(C7CCC(=O)NC7=O)cc5)C6)cc4)nc3c2)cnc2c1N(C(=O)OC(C)(C)C)CCO2. The van der Waals surface area contributed by atoms with Gasteiger partial charge in [0.05, 0.1) is 24.5 Å². The van der Waals surface area contributed by atoms with Gasteiger partial charge in [-0.3, -0.25) is 24.7 Å². The zero-order chi connectivity index (χ0) is 42.3. The molecule has 0 radical (unpaired) electrons. The van der Waals surface area contributed by atoms with Crippen LogP contribution in [-0.2, 0) is 14.3 Å². The highest BCUT2D eigenvalue weighted by Gasteiger charge is 2.44. The molecule has 2 aromatic heterocycles. The number of carbonyl (C=O) groups is 3. The molecular weight excluding hydrogens is 769 g/mol. The molecule has 0 saturated carbocycles. The van der Waals surface area contributed by atoms with Crippen molar-refractivity contribution < 1.29 is 23.9 Å². The largest absolute Gasteiger partial charge is 0.474 e. The third kappa shape index (κ3) is 8.59. The first-order valence-corrected chi connectivity index (χ1v) is 21.1. The quantitative estimate of drug-likeness (QED) is 0.131. The van der Waals surface area contributed by atoms with Crippen LogP contribution in [0.25, 0.3) is 22.0 Å². The summed E-state index contributed by atoms with van der Waals surface area (Å²) in [6.45, 7) is 13.2. The highest BCUT2D eigenvalue weighted by molar-refractivity contribution is 6.01. The van der Waals surface area contributed by atoms with Crippen LogP contribution in [0.2, 0.25) is 0 Å². The maximum atomic E-state index is 13.2. The van der Waals surface area contributed by atoms with Gasteiger partial charge >= 0.3 is 6.09 Å². The lowest BCUT2D eigenvalue weighted by atomic mass is 9.72. The number of amides is 3. The van der Waals surface area contributed by atoms with Crippen molar-refractivity contribution in [2.75, 3.05) is 61.0 Å². The van der Waals surface area contributed by atoms with Gasteiger partial charge in [0.25, 0.3) is 0 Å². The Labute approximate surface area is 355 Å². The minimum atomic E-state index is -0.627. The summed E-state index contributed by atoms with van der Waals surface area (Å²) in [5.74, 6) is 6.86. The molecule has 4 aliphatic heterocycles. The van der Waals surface area contributed by atoms with Crippen molar-refractivity contribution in [1.82, 2.24) is 25.2 Å². The van der Waals surface area contributed by atoms with Crippen LogP contribution in [0.15, 0.2) is 79.1 Å². The summed E-state index contributed by atoms with van der Waals surface area (Å²) in [4.78, 5) is 57.4. The van der Waals surface area contributed by atoms with Gasteiger partial charge in [0.1, 0.15) is 17.9 Å². The van der Waals surface area contributed by atoms with Crippen LogP contribution >= 0.6 is 0 Å². The highest BCUT2D eigenvalue weighted by Crippen LogP contribution is 2.42. The lowest BCUT2D eigenvalue weighted by Crippen LogP contribution is -2.60. The first kappa shape index (κ1) is 39.9. The van der Waals surface area contributed by atoms with E-state index in [1.165, 1.54) is 5.69 Å². The average molecular weight is 819 g/mol. The second-order valence-corrected chi connectivity index (χ2v) is 17.6. The molecule has 13 heteroatoms. The summed E-state index contributed by atoms with van der Waals surface area (Å²) in [7, 11) is 0. The number of nitrogens with one attached hydrogen (secondary N) is 2. The second-order valence-electron chi connectivity index (χ2n) is 17.6. The van der Waals surface area contributed by atoms with E-state index >= 15 is 0 Å². The molecule has 9 rings (SSSR count). The molecule has 4 aliphatic rings. The first-order chi connectivity index (χ1) is 29.4. The van der Waals surface area contributed by atoms with Crippen LogP contribution in [0.5, 0.6) is 5.88 Å². The Bertz CT molecular complexity index is 2560. The molecule has 3 saturated heterocycles. The van der Waals surface area contributed by atoms with Gasteiger partial charge in [-0.15, -0.1) is 0 Å². The number of benzene rings is 3. The molecule has 3 fully saturated rings. The molecule has 5 aromatic rings. The van der Waals surface area contributed by atoms with E-state index in [1.807, 2.05) is 76.4 Å². The van der Waals surface area contributed by atoms with Crippen LogP contribution in [0.1, 0.15) is 69.1 Å². The molecule has 1 unspecified atom stereocenters. The van der Waals surface area contributed by atoms with Crippen molar-refractivity contribution in [3.63, 3.8) is 0 Å². The van der Waals surface area contributed by atoms with E-state index in [-0.39, 0.29) is 17.7 Å². The van der Waals surface area contributed by atoms with Crippen molar-refractivity contribution in [3.8, 4) is 28.8 Å². The molecule has 1 spiro atoms. The van der Waals surface area contributed by atoms with Gasteiger partial charge in [-0.05, 0) is 112 Å². The van der Waals surface area contributed by atoms with Gasteiger partial charge in [0, 0.05) is 72.9 Å². The number of anilines is 4. The lowest BCUT2D eigenvalue weighted by Gasteiger charge is -2.54. The molecule has 0 aliphatic carbocycles. The van der Waals surface area contributed by atoms with Gasteiger partial charge in [-0.25, -0.2) is 19.7 Å². The summed E-state index contributed by atoms with van der Waals surface area (Å²) < 4.78 is 11.5. The molecule has 3 amide bonds. The maximum Gasteiger partial charge on any atom is 0.415 e. The predicted molar refractivity (Wildman–Crippen MR) is 235 cm³/mol. The zero-order valence-electron chi connectivity index (χ0n) is 35.1. The zero-order valence-corrected chi connectivity index (χ0v) is 35.1. The summed E-state index contributed by atoms with van der Waals surface area (Å²) in [5, 5.41) is 6.73. The Balaban J connectivity index is 0.781. The second kappa shape index (κ2) is 16.2. The molecule has 13 nitrogen and oxygen atoms in total. The van der Waals surface area contributed by atoms with E-state index in [0.29, 0.717) is 48.9 Å². The summed E-state index contributed by atoms with van der Waals surface area (Å²) >= 11 is 0. The predicted octanol–water partition coefficient (Wildman–Crippen LogP) is 7.35. The fourth-order valence-corrected chi connectivity index (χ4v) is 8.90. The topological polar surface area (TPSA) is 142 Å². The minimum Gasteiger partial charge on any atom is -0.474 e. The molecule has 1 atom stereocenters. The lowest BCUT2D eigenvalue weighted by molar-refractivity contribution is -0.134. The number of aromatic nitrogens is 3. The van der Waals surface area contributed by atoms with E-state index in [1.54, 1.807) is 11.1 Å². The number of hydrogen-bond acceptors (Lipinski definition) is 11. The maximum absolute atomic E-state index is 13.2. The van der Waals surface area contributed by atoms with Crippen LogP contribution in [0.4, 0.5) is 27.8 Å². The molecule has 61 heavy (non-hydrogen) atoms. The van der Waals surface area contributed by atoms with Gasteiger partial charge < -0.3 is 19.7 Å². The molecule has 312 valence electrons. The first-order valence-electron chi connectivity index (χ1n) is 21.1. The van der Waals surface area contributed by atoms with E-state index in [9.17, 15) is 14.4 Å². The number of nitrogens with zero attached hydrogens (tertiary/aromatic N) is 6. The van der Waals surface area contributed by atoms with E-state index in [4.69, 9.17) is 14.5 Å². The fraction of sp³-hybridized carbons (Fsp3) is 0.375. The van der Waals surface area contributed by atoms with Crippen molar-refractivity contribution in [3.05, 3.63) is 95.8 Å². The third-order valence-electron chi connectivity index (χ3n) is 12.1. The van der Waals surface area contributed by atoms with E-state index in [2.05, 4.69) is 66.5 Å². The van der Waals surface area contributed by atoms with Crippen LogP contribution < -0.4 is 25.2 Å².